The minimum absolute atomic E-state index is 0.131. The van der Waals surface area contributed by atoms with E-state index in [1.54, 1.807) is 6.20 Å². The van der Waals surface area contributed by atoms with Crippen molar-refractivity contribution in [1.29, 1.82) is 0 Å². The standard InChI is InChI=1S/C15H13N3/c1-3-7-12(8-4-1)15(14-11-16-18-17-14)13-9-5-2-6-10-13/h1-11,15H,(H,16,17,18). The summed E-state index contributed by atoms with van der Waals surface area (Å²) in [5.41, 5.74) is 3.38. The first-order valence-corrected chi connectivity index (χ1v) is 5.91. The Morgan fingerprint density at radius 2 is 1.33 bits per heavy atom. The molecule has 88 valence electrons. The molecule has 0 bridgehead atoms. The van der Waals surface area contributed by atoms with E-state index in [2.05, 4.69) is 39.7 Å². The Bertz CT molecular complexity index is 549. The van der Waals surface area contributed by atoms with Gasteiger partial charge in [-0.2, -0.15) is 15.4 Å². The lowest BCUT2D eigenvalue weighted by Gasteiger charge is -2.15. The van der Waals surface area contributed by atoms with E-state index in [0.29, 0.717) is 0 Å². The molecule has 0 aliphatic rings. The third-order valence-electron chi connectivity index (χ3n) is 3.00. The maximum Gasteiger partial charge on any atom is 0.0943 e. The van der Waals surface area contributed by atoms with E-state index >= 15 is 0 Å². The van der Waals surface area contributed by atoms with Crippen LogP contribution in [0, 0.1) is 0 Å². The second kappa shape index (κ2) is 4.84. The number of rotatable bonds is 3. The van der Waals surface area contributed by atoms with Crippen molar-refractivity contribution in [2.45, 2.75) is 5.92 Å². The predicted molar refractivity (Wildman–Crippen MR) is 70.2 cm³/mol. The van der Waals surface area contributed by atoms with Crippen LogP contribution in [0.15, 0.2) is 66.9 Å². The maximum atomic E-state index is 4.23. The highest BCUT2D eigenvalue weighted by atomic mass is 15.3. The monoisotopic (exact) mass is 235 g/mol. The normalized spacial score (nSPS) is 10.7. The average molecular weight is 235 g/mol. The summed E-state index contributed by atoms with van der Waals surface area (Å²) in [6.07, 6.45) is 1.78. The van der Waals surface area contributed by atoms with Crippen LogP contribution >= 0.6 is 0 Å². The van der Waals surface area contributed by atoms with Crippen molar-refractivity contribution in [3.05, 3.63) is 83.7 Å². The Morgan fingerprint density at radius 1 is 0.778 bits per heavy atom. The van der Waals surface area contributed by atoms with Gasteiger partial charge in [0.15, 0.2) is 0 Å². The van der Waals surface area contributed by atoms with Crippen LogP contribution in [0.2, 0.25) is 0 Å². The van der Waals surface area contributed by atoms with E-state index in [0.717, 1.165) is 5.69 Å². The molecule has 0 atom stereocenters. The fourth-order valence-electron chi connectivity index (χ4n) is 2.17. The second-order valence-electron chi connectivity index (χ2n) is 4.15. The van der Waals surface area contributed by atoms with Gasteiger partial charge in [-0.25, -0.2) is 0 Å². The van der Waals surface area contributed by atoms with Crippen LogP contribution in [-0.4, -0.2) is 15.4 Å². The molecule has 2 aromatic carbocycles. The largest absolute Gasteiger partial charge is 0.198 e. The molecule has 0 fully saturated rings. The van der Waals surface area contributed by atoms with Crippen LogP contribution in [0.1, 0.15) is 22.7 Å². The van der Waals surface area contributed by atoms with Crippen LogP contribution in [0.5, 0.6) is 0 Å². The van der Waals surface area contributed by atoms with Crippen molar-refractivity contribution in [1.82, 2.24) is 15.4 Å². The van der Waals surface area contributed by atoms with Crippen molar-refractivity contribution in [2.75, 3.05) is 0 Å². The van der Waals surface area contributed by atoms with E-state index in [4.69, 9.17) is 0 Å². The summed E-state index contributed by atoms with van der Waals surface area (Å²) < 4.78 is 0. The van der Waals surface area contributed by atoms with Gasteiger partial charge in [0.1, 0.15) is 0 Å². The van der Waals surface area contributed by atoms with Gasteiger partial charge in [-0.1, -0.05) is 60.7 Å². The van der Waals surface area contributed by atoms with E-state index < -0.39 is 0 Å². The van der Waals surface area contributed by atoms with Crippen molar-refractivity contribution >= 4 is 0 Å². The maximum absolute atomic E-state index is 4.23. The topological polar surface area (TPSA) is 41.6 Å². The molecule has 3 aromatic rings. The van der Waals surface area contributed by atoms with Gasteiger partial charge >= 0.3 is 0 Å². The molecule has 1 aromatic heterocycles. The minimum atomic E-state index is 0.131. The van der Waals surface area contributed by atoms with Gasteiger partial charge < -0.3 is 0 Å². The summed E-state index contributed by atoms with van der Waals surface area (Å²) >= 11 is 0. The summed E-state index contributed by atoms with van der Waals surface area (Å²) in [5.74, 6) is 0.131. The van der Waals surface area contributed by atoms with E-state index in [1.165, 1.54) is 11.1 Å². The van der Waals surface area contributed by atoms with Crippen LogP contribution in [-0.2, 0) is 0 Å². The highest BCUT2D eigenvalue weighted by molar-refractivity contribution is 5.39. The van der Waals surface area contributed by atoms with Gasteiger partial charge in [-0.05, 0) is 11.1 Å². The summed E-state index contributed by atoms with van der Waals surface area (Å²) in [4.78, 5) is 0. The van der Waals surface area contributed by atoms with E-state index in [1.807, 2.05) is 36.4 Å². The van der Waals surface area contributed by atoms with Crippen LogP contribution in [0.25, 0.3) is 0 Å². The molecule has 3 rings (SSSR count). The van der Waals surface area contributed by atoms with E-state index in [9.17, 15) is 0 Å². The van der Waals surface area contributed by atoms with Crippen LogP contribution < -0.4 is 0 Å². The zero-order chi connectivity index (χ0) is 12.2. The Hall–Kier alpha value is -2.42. The number of H-pyrrole nitrogens is 1. The molecule has 0 aliphatic carbocycles. The van der Waals surface area contributed by atoms with Crippen molar-refractivity contribution < 1.29 is 0 Å². The van der Waals surface area contributed by atoms with E-state index in [-0.39, 0.29) is 5.92 Å². The van der Waals surface area contributed by atoms with Crippen LogP contribution in [0.4, 0.5) is 0 Å². The number of nitrogens with one attached hydrogen (secondary N) is 1. The first-order chi connectivity index (χ1) is 8.95. The minimum Gasteiger partial charge on any atom is -0.198 e. The number of benzene rings is 2. The first kappa shape index (κ1) is 10.7. The highest BCUT2D eigenvalue weighted by Gasteiger charge is 2.18. The number of nitrogens with zero attached hydrogens (tertiary/aromatic N) is 2. The molecule has 0 spiro atoms. The van der Waals surface area contributed by atoms with Gasteiger partial charge in [0.25, 0.3) is 0 Å². The Labute approximate surface area is 105 Å². The number of aromatic amines is 1. The molecule has 0 aliphatic heterocycles. The molecule has 0 saturated carbocycles. The molecule has 0 amide bonds. The average Bonchev–Trinajstić information content (AvgIpc) is 2.95. The van der Waals surface area contributed by atoms with Gasteiger partial charge in [0.05, 0.1) is 17.8 Å². The summed E-state index contributed by atoms with van der Waals surface area (Å²) in [6.45, 7) is 0. The van der Waals surface area contributed by atoms with Gasteiger partial charge in [0, 0.05) is 0 Å². The number of aromatic nitrogens is 3. The highest BCUT2D eigenvalue weighted by Crippen LogP contribution is 2.29. The third kappa shape index (κ3) is 2.02. The molecule has 0 saturated heterocycles. The molecule has 3 nitrogen and oxygen atoms in total. The lowest BCUT2D eigenvalue weighted by atomic mass is 9.89. The number of hydrogen-bond acceptors (Lipinski definition) is 2. The molecule has 3 heteroatoms. The van der Waals surface area contributed by atoms with Gasteiger partial charge in [0.2, 0.25) is 0 Å². The lowest BCUT2D eigenvalue weighted by molar-refractivity contribution is 0.870. The van der Waals surface area contributed by atoms with Crippen molar-refractivity contribution in [3.8, 4) is 0 Å². The van der Waals surface area contributed by atoms with Crippen molar-refractivity contribution in [3.63, 3.8) is 0 Å². The summed E-state index contributed by atoms with van der Waals surface area (Å²) in [7, 11) is 0. The summed E-state index contributed by atoms with van der Waals surface area (Å²) in [5, 5.41) is 10.8. The van der Waals surface area contributed by atoms with Crippen LogP contribution in [0.3, 0.4) is 0 Å². The molecular weight excluding hydrogens is 222 g/mol. The Morgan fingerprint density at radius 3 is 1.78 bits per heavy atom. The van der Waals surface area contributed by atoms with Gasteiger partial charge in [-0.15, -0.1) is 0 Å². The summed E-state index contributed by atoms with van der Waals surface area (Å²) in [6, 6.07) is 20.7. The fraction of sp³-hybridized carbons (Fsp3) is 0.0667. The fourth-order valence-corrected chi connectivity index (χ4v) is 2.17. The Balaban J connectivity index is 2.11. The molecular formula is C15H13N3. The second-order valence-corrected chi connectivity index (χ2v) is 4.15. The predicted octanol–water partition coefficient (Wildman–Crippen LogP) is 2.98. The molecule has 0 radical (unpaired) electrons. The third-order valence-corrected chi connectivity index (χ3v) is 3.00. The molecule has 1 N–H and O–H groups in total. The smallest absolute Gasteiger partial charge is 0.0943 e. The lowest BCUT2D eigenvalue weighted by Crippen LogP contribution is -2.03. The first-order valence-electron chi connectivity index (χ1n) is 5.91. The Kier molecular flexibility index (Phi) is 2.88. The zero-order valence-electron chi connectivity index (χ0n) is 9.82. The number of hydrogen-bond donors (Lipinski definition) is 1. The quantitative estimate of drug-likeness (QED) is 0.758. The SMILES string of the molecule is c1ccc(C(c2ccccc2)c2cn[nH]n2)cc1. The molecule has 1 heterocycles. The zero-order valence-corrected chi connectivity index (χ0v) is 9.82. The molecule has 0 unspecified atom stereocenters. The van der Waals surface area contributed by atoms with Crippen molar-refractivity contribution in [2.24, 2.45) is 0 Å². The molecule has 18 heavy (non-hydrogen) atoms. The van der Waals surface area contributed by atoms with Gasteiger partial charge in [-0.3, -0.25) is 0 Å².